The normalized spacial score (nSPS) is 10.4. The van der Waals surface area contributed by atoms with Crippen molar-refractivity contribution in [1.29, 1.82) is 0 Å². The first-order chi connectivity index (χ1) is 11.0. The lowest BCUT2D eigenvalue weighted by atomic mass is 9.98. The topological polar surface area (TPSA) is 55.8 Å². The molecular weight excluding hydrogens is 407 g/mol. The summed E-state index contributed by atoms with van der Waals surface area (Å²) >= 11 is 2.28. The number of carbonyl (C=O) groups is 1. The van der Waals surface area contributed by atoms with Crippen LogP contribution in [0.3, 0.4) is 0 Å². The number of carboxylic acid groups (broad SMARTS) is 1. The van der Waals surface area contributed by atoms with Crippen molar-refractivity contribution in [3.63, 3.8) is 0 Å². The number of benzene rings is 2. The van der Waals surface area contributed by atoms with Gasteiger partial charge in [-0.05, 0) is 60.4 Å². The molecule has 2 aromatic rings. The van der Waals surface area contributed by atoms with Gasteiger partial charge in [0.25, 0.3) is 0 Å². The molecule has 0 amide bonds. The van der Waals surface area contributed by atoms with E-state index in [2.05, 4.69) is 22.6 Å². The van der Waals surface area contributed by atoms with Gasteiger partial charge in [-0.2, -0.15) is 0 Å². The Morgan fingerprint density at radius 2 is 1.78 bits per heavy atom. The number of carboxylic acids is 1. The van der Waals surface area contributed by atoms with Gasteiger partial charge in [-0.3, -0.25) is 0 Å². The van der Waals surface area contributed by atoms with E-state index in [1.807, 2.05) is 26.0 Å². The lowest BCUT2D eigenvalue weighted by Gasteiger charge is -2.14. The van der Waals surface area contributed by atoms with Crippen LogP contribution < -0.4 is 9.47 Å². The molecule has 0 saturated carbocycles. The van der Waals surface area contributed by atoms with Gasteiger partial charge in [-0.15, -0.1) is 0 Å². The summed E-state index contributed by atoms with van der Waals surface area (Å²) in [5.41, 5.74) is 4.21. The fourth-order valence-corrected chi connectivity index (χ4v) is 2.75. The van der Waals surface area contributed by atoms with Gasteiger partial charge in [0.05, 0.1) is 13.7 Å². The first kappa shape index (κ1) is 17.6. The Hall–Kier alpha value is -1.76. The second kappa shape index (κ2) is 7.68. The van der Waals surface area contributed by atoms with Crippen LogP contribution in [-0.4, -0.2) is 29.2 Å². The fourth-order valence-electron chi connectivity index (χ4n) is 2.53. The Kier molecular flexibility index (Phi) is 5.87. The van der Waals surface area contributed by atoms with Crippen LogP contribution in [0.15, 0.2) is 30.3 Å². The zero-order valence-corrected chi connectivity index (χ0v) is 15.5. The average Bonchev–Trinajstić information content (AvgIpc) is 2.53. The van der Waals surface area contributed by atoms with Gasteiger partial charge in [0.15, 0.2) is 0 Å². The summed E-state index contributed by atoms with van der Waals surface area (Å²) in [7, 11) is 1.48. The molecule has 0 aromatic heterocycles. The van der Waals surface area contributed by atoms with E-state index >= 15 is 0 Å². The smallest absolute Gasteiger partial charge is 0.339 e. The second-order valence-corrected chi connectivity index (χ2v) is 6.28. The lowest BCUT2D eigenvalue weighted by molar-refractivity contribution is 0.0693. The predicted octanol–water partition coefficient (Wildman–Crippen LogP) is 4.49. The second-order valence-electron chi connectivity index (χ2n) is 5.20. The summed E-state index contributed by atoms with van der Waals surface area (Å²) in [6.07, 6.45) is 0. The van der Waals surface area contributed by atoms with E-state index in [-0.39, 0.29) is 5.56 Å². The summed E-state index contributed by atoms with van der Waals surface area (Å²) in [4.78, 5) is 11.2. The molecule has 0 aliphatic rings. The number of halogens is 1. The van der Waals surface area contributed by atoms with Crippen molar-refractivity contribution in [3.8, 4) is 22.6 Å². The number of aromatic carboxylic acids is 1. The molecule has 0 spiro atoms. The van der Waals surface area contributed by atoms with E-state index in [1.54, 1.807) is 18.2 Å². The maximum Gasteiger partial charge on any atom is 0.339 e. The number of rotatable bonds is 6. The molecular formula is C18H19IO4. The van der Waals surface area contributed by atoms with Crippen LogP contribution in [0.2, 0.25) is 0 Å². The van der Waals surface area contributed by atoms with E-state index in [4.69, 9.17) is 14.6 Å². The van der Waals surface area contributed by atoms with Gasteiger partial charge in [0.1, 0.15) is 17.1 Å². The molecule has 122 valence electrons. The largest absolute Gasteiger partial charge is 0.496 e. The number of hydrogen-bond acceptors (Lipinski definition) is 3. The molecule has 0 atom stereocenters. The lowest BCUT2D eigenvalue weighted by Crippen LogP contribution is -2.02. The van der Waals surface area contributed by atoms with E-state index < -0.39 is 5.97 Å². The number of aryl methyl sites for hydroxylation is 2. The summed E-state index contributed by atoms with van der Waals surface area (Å²) in [5.74, 6) is 0.276. The Bertz CT molecular complexity index is 702. The third-order valence-corrected chi connectivity index (χ3v) is 3.99. The molecule has 0 aliphatic carbocycles. The zero-order valence-electron chi connectivity index (χ0n) is 13.4. The number of ether oxygens (including phenoxy) is 2. The van der Waals surface area contributed by atoms with Gasteiger partial charge < -0.3 is 14.6 Å². The SMILES string of the molecule is COc1cc(-c2cc(C)c(OCCI)c(C)c2)ccc1C(=O)O. The molecule has 0 heterocycles. The van der Waals surface area contributed by atoms with Crippen molar-refractivity contribution >= 4 is 28.6 Å². The highest BCUT2D eigenvalue weighted by atomic mass is 127. The number of alkyl halides is 1. The Morgan fingerprint density at radius 1 is 1.13 bits per heavy atom. The summed E-state index contributed by atoms with van der Waals surface area (Å²) in [6, 6.07) is 9.21. The molecule has 2 rings (SSSR count). The van der Waals surface area contributed by atoms with Crippen molar-refractivity contribution in [2.75, 3.05) is 18.1 Å². The minimum absolute atomic E-state index is 0.159. The minimum atomic E-state index is -0.997. The number of methoxy groups -OCH3 is 1. The Morgan fingerprint density at radius 3 is 2.30 bits per heavy atom. The van der Waals surface area contributed by atoms with Crippen molar-refractivity contribution in [2.24, 2.45) is 0 Å². The van der Waals surface area contributed by atoms with E-state index in [9.17, 15) is 4.79 Å². The van der Waals surface area contributed by atoms with Crippen molar-refractivity contribution in [2.45, 2.75) is 13.8 Å². The average molecular weight is 426 g/mol. The molecule has 5 heteroatoms. The van der Waals surface area contributed by atoms with Crippen molar-refractivity contribution < 1.29 is 19.4 Å². The molecule has 0 bridgehead atoms. The van der Waals surface area contributed by atoms with Crippen molar-refractivity contribution in [3.05, 3.63) is 47.0 Å². The molecule has 0 fully saturated rings. The maximum absolute atomic E-state index is 11.2. The maximum atomic E-state index is 11.2. The highest BCUT2D eigenvalue weighted by Crippen LogP contribution is 2.33. The quantitative estimate of drug-likeness (QED) is 0.547. The molecule has 0 saturated heterocycles. The van der Waals surface area contributed by atoms with Crippen LogP contribution in [0, 0.1) is 13.8 Å². The van der Waals surface area contributed by atoms with Crippen LogP contribution in [0.1, 0.15) is 21.5 Å². The van der Waals surface area contributed by atoms with Gasteiger partial charge in [0, 0.05) is 4.43 Å². The van der Waals surface area contributed by atoms with Crippen LogP contribution in [-0.2, 0) is 0 Å². The molecule has 1 N–H and O–H groups in total. The molecule has 0 radical (unpaired) electrons. The van der Waals surface area contributed by atoms with E-state index in [0.29, 0.717) is 12.4 Å². The highest BCUT2D eigenvalue weighted by molar-refractivity contribution is 14.1. The molecule has 2 aromatic carbocycles. The minimum Gasteiger partial charge on any atom is -0.496 e. The van der Waals surface area contributed by atoms with Crippen LogP contribution >= 0.6 is 22.6 Å². The predicted molar refractivity (Wildman–Crippen MR) is 99.2 cm³/mol. The molecule has 23 heavy (non-hydrogen) atoms. The van der Waals surface area contributed by atoms with Crippen molar-refractivity contribution in [1.82, 2.24) is 0 Å². The number of hydrogen-bond donors (Lipinski definition) is 1. The summed E-state index contributed by atoms with van der Waals surface area (Å²) in [6.45, 7) is 4.71. The third kappa shape index (κ3) is 3.96. The van der Waals surface area contributed by atoms with Crippen LogP contribution in [0.4, 0.5) is 0 Å². The Labute approximate surface area is 149 Å². The molecule has 0 aliphatic heterocycles. The van der Waals surface area contributed by atoms with E-state index in [1.165, 1.54) is 7.11 Å². The monoisotopic (exact) mass is 426 g/mol. The van der Waals surface area contributed by atoms with Crippen LogP contribution in [0.25, 0.3) is 11.1 Å². The molecule has 4 nitrogen and oxygen atoms in total. The zero-order chi connectivity index (χ0) is 17.0. The summed E-state index contributed by atoms with van der Waals surface area (Å²) in [5, 5.41) is 9.17. The van der Waals surface area contributed by atoms with Gasteiger partial charge in [-0.1, -0.05) is 28.7 Å². The van der Waals surface area contributed by atoms with Crippen LogP contribution in [0.5, 0.6) is 11.5 Å². The van der Waals surface area contributed by atoms with Gasteiger partial charge in [0.2, 0.25) is 0 Å². The first-order valence-electron chi connectivity index (χ1n) is 7.19. The van der Waals surface area contributed by atoms with Gasteiger partial charge >= 0.3 is 5.97 Å². The highest BCUT2D eigenvalue weighted by Gasteiger charge is 2.13. The first-order valence-corrected chi connectivity index (χ1v) is 8.72. The third-order valence-electron chi connectivity index (χ3n) is 3.55. The Balaban J connectivity index is 2.44. The van der Waals surface area contributed by atoms with Gasteiger partial charge in [-0.25, -0.2) is 4.79 Å². The fraction of sp³-hybridized carbons (Fsp3) is 0.278. The standard InChI is InChI=1S/C18H19IO4/c1-11-8-14(9-12(2)17(11)23-7-6-19)13-4-5-15(18(20)21)16(10-13)22-3/h4-5,8-10H,6-7H2,1-3H3,(H,20,21). The molecule has 0 unspecified atom stereocenters. The van der Waals surface area contributed by atoms with E-state index in [0.717, 1.165) is 32.4 Å². The summed E-state index contributed by atoms with van der Waals surface area (Å²) < 4.78 is 11.9.